The fraction of sp³-hybridized carbons (Fsp3) is 0.545. The molecule has 1 heterocycles. The van der Waals surface area contributed by atoms with Gasteiger partial charge in [0.2, 0.25) is 10.0 Å². The minimum absolute atomic E-state index is 0.202. The molecule has 0 bridgehead atoms. The minimum atomic E-state index is -3.46. The summed E-state index contributed by atoms with van der Waals surface area (Å²) in [6.45, 7) is 1.11. The Balaban J connectivity index is 1.88. The summed E-state index contributed by atoms with van der Waals surface area (Å²) in [4.78, 5) is 2.57. The molecule has 0 atom stereocenters. The van der Waals surface area contributed by atoms with Crippen molar-refractivity contribution in [1.29, 1.82) is 5.26 Å². The first-order valence-corrected chi connectivity index (χ1v) is 8.03. The van der Waals surface area contributed by atoms with Crippen LogP contribution in [0.2, 0.25) is 0 Å². The van der Waals surface area contributed by atoms with Crippen LogP contribution in [-0.4, -0.2) is 39.5 Å². The quantitative estimate of drug-likeness (QED) is 0.846. The molecule has 1 aliphatic rings. The van der Waals surface area contributed by atoms with Crippen LogP contribution in [0.25, 0.3) is 0 Å². The summed E-state index contributed by atoms with van der Waals surface area (Å²) in [7, 11) is -1.45. The van der Waals surface area contributed by atoms with Crippen LogP contribution in [0.15, 0.2) is 16.3 Å². The van der Waals surface area contributed by atoms with Crippen LogP contribution in [0, 0.1) is 11.3 Å². The van der Waals surface area contributed by atoms with Gasteiger partial charge in [-0.25, -0.2) is 13.1 Å². The van der Waals surface area contributed by atoms with E-state index in [1.54, 1.807) is 0 Å². The normalized spacial score (nSPS) is 15.8. The summed E-state index contributed by atoms with van der Waals surface area (Å²) >= 11 is 0.992. The van der Waals surface area contributed by atoms with Crippen molar-refractivity contribution in [3.05, 3.63) is 17.0 Å². The van der Waals surface area contributed by atoms with Crippen LogP contribution in [0.3, 0.4) is 0 Å². The smallest absolute Gasteiger partial charge is 0.250 e. The van der Waals surface area contributed by atoms with Gasteiger partial charge in [-0.3, -0.25) is 0 Å². The minimum Gasteiger partial charge on any atom is -0.302 e. The van der Waals surface area contributed by atoms with E-state index >= 15 is 0 Å². The summed E-state index contributed by atoms with van der Waals surface area (Å²) in [5.74, 6) is 0. The van der Waals surface area contributed by atoms with Crippen molar-refractivity contribution < 1.29 is 8.42 Å². The maximum atomic E-state index is 11.9. The molecule has 7 heteroatoms. The largest absolute Gasteiger partial charge is 0.302 e. The van der Waals surface area contributed by atoms with Crippen LogP contribution in [0.1, 0.15) is 17.7 Å². The molecular formula is C11H15N3O2S2. The molecule has 1 fully saturated rings. The summed E-state index contributed by atoms with van der Waals surface area (Å²) in [5.41, 5.74) is 0. The highest BCUT2D eigenvalue weighted by atomic mass is 32.2. The van der Waals surface area contributed by atoms with Gasteiger partial charge in [0.05, 0.1) is 0 Å². The molecule has 1 aromatic heterocycles. The molecule has 1 aliphatic carbocycles. The van der Waals surface area contributed by atoms with Gasteiger partial charge in [0.25, 0.3) is 0 Å². The number of nitrogens with zero attached hydrogens (tertiary/aromatic N) is 2. The highest BCUT2D eigenvalue weighted by molar-refractivity contribution is 7.91. The second kappa shape index (κ2) is 5.36. The van der Waals surface area contributed by atoms with E-state index in [-0.39, 0.29) is 4.21 Å². The summed E-state index contributed by atoms with van der Waals surface area (Å²) in [5, 5.41) is 8.67. The third kappa shape index (κ3) is 3.29. The second-order valence-electron chi connectivity index (χ2n) is 4.34. The highest BCUT2D eigenvalue weighted by Gasteiger charge is 2.26. The fourth-order valence-corrected chi connectivity index (χ4v) is 3.82. The maximum Gasteiger partial charge on any atom is 0.250 e. The lowest BCUT2D eigenvalue weighted by atomic mass is 10.5. The average Bonchev–Trinajstić information content (AvgIpc) is 3.06. The molecule has 5 nitrogen and oxygen atoms in total. The van der Waals surface area contributed by atoms with E-state index in [1.165, 1.54) is 25.0 Å². The topological polar surface area (TPSA) is 73.2 Å². The Kier molecular flexibility index (Phi) is 4.02. The van der Waals surface area contributed by atoms with Crippen molar-refractivity contribution in [2.75, 3.05) is 20.1 Å². The molecule has 0 amide bonds. The van der Waals surface area contributed by atoms with Gasteiger partial charge in [0, 0.05) is 19.1 Å². The maximum absolute atomic E-state index is 11.9. The molecular weight excluding hydrogens is 270 g/mol. The van der Waals surface area contributed by atoms with Gasteiger partial charge < -0.3 is 4.90 Å². The Labute approximate surface area is 111 Å². The zero-order valence-electron chi connectivity index (χ0n) is 10.1. The number of hydrogen-bond acceptors (Lipinski definition) is 5. The lowest BCUT2D eigenvalue weighted by Crippen LogP contribution is -2.33. The molecule has 0 radical (unpaired) electrons. The van der Waals surface area contributed by atoms with Gasteiger partial charge in [-0.15, -0.1) is 11.3 Å². The Morgan fingerprint density at radius 3 is 2.83 bits per heavy atom. The van der Waals surface area contributed by atoms with Crippen molar-refractivity contribution in [2.45, 2.75) is 23.1 Å². The molecule has 0 aliphatic heterocycles. The molecule has 0 aromatic carbocycles. The van der Waals surface area contributed by atoms with Crippen LogP contribution >= 0.6 is 11.3 Å². The molecule has 1 N–H and O–H groups in total. The zero-order chi connectivity index (χ0) is 13.2. The zero-order valence-corrected chi connectivity index (χ0v) is 11.7. The number of nitriles is 1. The SMILES string of the molecule is CN(CCNS(=O)(=O)c1ccc(C#N)s1)C1CC1. The first kappa shape index (κ1) is 13.5. The summed E-state index contributed by atoms with van der Waals surface area (Å²) in [6, 6.07) is 5.55. The number of likely N-dealkylation sites (N-methyl/N-ethyl adjacent to an activating group) is 1. The molecule has 1 saturated carbocycles. The summed E-state index contributed by atoms with van der Waals surface area (Å²) in [6.07, 6.45) is 2.42. The van der Waals surface area contributed by atoms with Gasteiger partial charge in [0.1, 0.15) is 15.2 Å². The van der Waals surface area contributed by atoms with E-state index < -0.39 is 10.0 Å². The van der Waals surface area contributed by atoms with Gasteiger partial charge in [-0.05, 0) is 32.0 Å². The predicted octanol–water partition coefficient (Wildman–Crippen LogP) is 0.992. The monoisotopic (exact) mass is 285 g/mol. The molecule has 0 spiro atoms. The number of rotatable bonds is 6. The van der Waals surface area contributed by atoms with Crippen molar-refractivity contribution in [3.63, 3.8) is 0 Å². The first-order chi connectivity index (χ1) is 8.53. The second-order valence-corrected chi connectivity index (χ2v) is 7.42. The molecule has 98 valence electrons. The fourth-order valence-electron chi connectivity index (χ4n) is 1.65. The molecule has 2 rings (SSSR count). The van der Waals surface area contributed by atoms with Crippen LogP contribution in [0.5, 0.6) is 0 Å². The lowest BCUT2D eigenvalue weighted by Gasteiger charge is -2.15. The molecule has 1 aromatic rings. The highest BCUT2D eigenvalue weighted by Crippen LogP contribution is 2.25. The standard InChI is InChI=1S/C11H15N3O2S2/c1-14(9-2-3-9)7-6-13-18(15,16)11-5-4-10(8-12)17-11/h4-5,9,13H,2-3,6-7H2,1H3. The predicted molar refractivity (Wildman–Crippen MR) is 69.9 cm³/mol. The van der Waals surface area contributed by atoms with E-state index in [4.69, 9.17) is 5.26 Å². The first-order valence-electron chi connectivity index (χ1n) is 5.73. The Bertz CT molecular complexity index is 555. The number of hydrogen-bond donors (Lipinski definition) is 1. The van der Waals surface area contributed by atoms with E-state index in [0.717, 1.165) is 11.3 Å². The van der Waals surface area contributed by atoms with Gasteiger partial charge in [-0.2, -0.15) is 5.26 Å². The van der Waals surface area contributed by atoms with Crippen molar-refractivity contribution >= 4 is 21.4 Å². The summed E-state index contributed by atoms with van der Waals surface area (Å²) < 4.78 is 26.6. The van der Waals surface area contributed by atoms with Gasteiger partial charge in [-0.1, -0.05) is 0 Å². The number of sulfonamides is 1. The third-order valence-electron chi connectivity index (χ3n) is 2.88. The van der Waals surface area contributed by atoms with Gasteiger partial charge >= 0.3 is 0 Å². The Hall–Kier alpha value is -0.940. The molecule has 18 heavy (non-hydrogen) atoms. The lowest BCUT2D eigenvalue weighted by molar-refractivity contribution is 0.329. The van der Waals surface area contributed by atoms with E-state index in [2.05, 4.69) is 9.62 Å². The number of thiophene rings is 1. The van der Waals surface area contributed by atoms with Crippen LogP contribution in [0.4, 0.5) is 0 Å². The van der Waals surface area contributed by atoms with Crippen LogP contribution in [-0.2, 0) is 10.0 Å². The molecule has 0 unspecified atom stereocenters. The Morgan fingerprint density at radius 2 is 2.28 bits per heavy atom. The van der Waals surface area contributed by atoms with Crippen LogP contribution < -0.4 is 4.72 Å². The van der Waals surface area contributed by atoms with Crippen molar-refractivity contribution in [3.8, 4) is 6.07 Å². The van der Waals surface area contributed by atoms with Gasteiger partial charge in [0.15, 0.2) is 0 Å². The third-order valence-corrected chi connectivity index (χ3v) is 5.83. The Morgan fingerprint density at radius 1 is 1.56 bits per heavy atom. The van der Waals surface area contributed by atoms with E-state index in [9.17, 15) is 8.42 Å². The van der Waals surface area contributed by atoms with Crippen molar-refractivity contribution in [1.82, 2.24) is 9.62 Å². The number of nitrogens with one attached hydrogen (secondary N) is 1. The van der Waals surface area contributed by atoms with Crippen molar-refractivity contribution in [2.24, 2.45) is 0 Å². The van der Waals surface area contributed by atoms with E-state index in [1.807, 2.05) is 13.1 Å². The van der Waals surface area contributed by atoms with E-state index in [0.29, 0.717) is 24.0 Å². The molecule has 0 saturated heterocycles. The average molecular weight is 285 g/mol.